The number of nitrogens with zero attached hydrogens (tertiary/aromatic N) is 1. The fourth-order valence-electron chi connectivity index (χ4n) is 2.52. The summed E-state index contributed by atoms with van der Waals surface area (Å²) in [4.78, 5) is 38.7. The molecule has 0 spiro atoms. The monoisotopic (exact) mass is 395 g/mol. The van der Waals surface area contributed by atoms with Crippen LogP contribution in [0.1, 0.15) is 51.0 Å². The van der Waals surface area contributed by atoms with Gasteiger partial charge in [-0.25, -0.2) is 4.57 Å². The summed E-state index contributed by atoms with van der Waals surface area (Å²) in [5, 5.41) is 6.36. The number of unbranched alkanes of at least 4 members (excludes halogenated alkanes) is 5. The lowest BCUT2D eigenvalue weighted by atomic mass is 10.1. The number of rotatable bonds is 11. The van der Waals surface area contributed by atoms with Crippen LogP contribution < -0.4 is 9.46 Å². The number of hydrogen-bond donors (Lipinski definition) is 4. The van der Waals surface area contributed by atoms with Crippen molar-refractivity contribution in [2.45, 2.75) is 63.5 Å². The predicted molar refractivity (Wildman–Crippen MR) is 90.5 cm³/mol. The summed E-state index contributed by atoms with van der Waals surface area (Å²) in [7, 11) is -11.2. The van der Waals surface area contributed by atoms with E-state index >= 15 is 0 Å². The average Bonchev–Trinajstić information content (AvgIpc) is 2.49. The third-order valence-electron chi connectivity index (χ3n) is 4.05. The van der Waals surface area contributed by atoms with Crippen LogP contribution in [-0.2, 0) is 22.1 Å². The highest BCUT2D eigenvalue weighted by Crippen LogP contribution is 2.65. The molecule has 2 atom stereocenters. The number of aliphatic hydroxyl groups is 1. The third-order valence-corrected chi connectivity index (χ3v) is 7.71. The second-order valence-electron chi connectivity index (χ2n) is 6.24. The van der Waals surface area contributed by atoms with Gasteiger partial charge in [0.15, 0.2) is 26.5 Å². The molecule has 0 saturated heterocycles. The van der Waals surface area contributed by atoms with Gasteiger partial charge in [-0.2, -0.15) is 0 Å². The lowest BCUT2D eigenvalue weighted by molar-refractivity contribution is -0.704. The Kier molecular flexibility index (Phi) is 8.42. The van der Waals surface area contributed by atoms with Crippen LogP contribution in [-0.4, -0.2) is 24.9 Å². The predicted octanol–water partition coefficient (Wildman–Crippen LogP) is 1.25. The van der Waals surface area contributed by atoms with E-state index in [0.29, 0.717) is 0 Å². The van der Waals surface area contributed by atoms with Crippen LogP contribution in [0.2, 0.25) is 0 Å². The van der Waals surface area contributed by atoms with E-state index in [4.69, 9.17) is 14.7 Å². The molecule has 0 aromatic carbocycles. The first kappa shape index (κ1) is 22.5. The van der Waals surface area contributed by atoms with Crippen molar-refractivity contribution in [2.75, 3.05) is 0 Å². The maximum atomic E-state index is 11.4. The lowest BCUT2D eigenvalue weighted by Crippen LogP contribution is -2.49. The van der Waals surface area contributed by atoms with Crippen molar-refractivity contribution in [3.05, 3.63) is 30.1 Å². The third kappa shape index (κ3) is 6.57. The van der Waals surface area contributed by atoms with Crippen molar-refractivity contribution >= 4 is 15.2 Å². The van der Waals surface area contributed by atoms with E-state index < -0.39 is 26.8 Å². The summed E-state index contributed by atoms with van der Waals surface area (Å²) in [6.45, 7) is 1.19. The van der Waals surface area contributed by atoms with Gasteiger partial charge in [-0.3, -0.25) is 4.57 Å². The minimum atomic E-state index is -5.71. The van der Waals surface area contributed by atoms with Gasteiger partial charge in [-0.1, -0.05) is 39.0 Å². The van der Waals surface area contributed by atoms with E-state index in [-0.39, 0.29) is 0 Å². The van der Waals surface area contributed by atoms with Gasteiger partial charge in [0.05, 0.1) is 0 Å². The molecule has 10 heteroatoms. The summed E-state index contributed by atoms with van der Waals surface area (Å²) in [5.41, 5.74) is 0.852. The molecule has 0 bridgehead atoms. The number of pyridine rings is 1. The molecule has 8 nitrogen and oxygen atoms in total. The summed E-state index contributed by atoms with van der Waals surface area (Å²) in [6, 6.07) is 3.41. The first-order valence-corrected chi connectivity index (χ1v) is 11.5. The number of hydrogen-bond acceptors (Lipinski definition) is 4. The highest BCUT2D eigenvalue weighted by molar-refractivity contribution is 7.71. The molecule has 25 heavy (non-hydrogen) atoms. The SMILES string of the molecule is CCCCCCCCc1ccc[n+](CC(O)(P(=O)([O-])O)P(=O)(O)O)c1. The van der Waals surface area contributed by atoms with Crippen molar-refractivity contribution in [1.29, 1.82) is 0 Å². The standard InChI is InChI=1S/C15H27NO7P2/c1-2-3-4-5-6-7-9-14-10-8-11-16(12-14)13-15(17,24(18,19)20)25(21,22)23/h8,10-12,17H,2-7,9,13H2,1H3,(H3-,18,19,20,21,22,23). The summed E-state index contributed by atoms with van der Waals surface area (Å²) in [5.74, 6) is 0. The Morgan fingerprint density at radius 2 is 1.72 bits per heavy atom. The van der Waals surface area contributed by atoms with Crippen LogP contribution in [0, 0.1) is 0 Å². The van der Waals surface area contributed by atoms with Crippen LogP contribution in [0.4, 0.5) is 0 Å². The molecule has 0 saturated carbocycles. The first-order valence-electron chi connectivity index (χ1n) is 8.31. The van der Waals surface area contributed by atoms with Crippen LogP contribution >= 0.6 is 15.2 Å². The quantitative estimate of drug-likeness (QED) is 0.251. The topological polar surface area (TPSA) is 142 Å². The fraction of sp³-hybridized carbons (Fsp3) is 0.667. The normalized spacial score (nSPS) is 17.0. The van der Waals surface area contributed by atoms with E-state index in [2.05, 4.69) is 6.92 Å². The number of aromatic nitrogens is 1. The summed E-state index contributed by atoms with van der Waals surface area (Å²) in [6.07, 6.45) is 10.3. The zero-order valence-corrected chi connectivity index (χ0v) is 16.1. The van der Waals surface area contributed by atoms with Crippen molar-refractivity contribution in [1.82, 2.24) is 0 Å². The van der Waals surface area contributed by atoms with E-state index in [1.807, 2.05) is 6.07 Å². The van der Waals surface area contributed by atoms with Crippen molar-refractivity contribution in [2.24, 2.45) is 0 Å². The maximum absolute atomic E-state index is 11.4. The van der Waals surface area contributed by atoms with E-state index in [1.54, 1.807) is 6.07 Å². The second kappa shape index (κ2) is 9.38. The van der Waals surface area contributed by atoms with Gasteiger partial charge in [0, 0.05) is 11.6 Å². The molecular weight excluding hydrogens is 368 g/mol. The van der Waals surface area contributed by atoms with Gasteiger partial charge in [-0.15, -0.1) is 0 Å². The zero-order chi connectivity index (χ0) is 19.1. The van der Waals surface area contributed by atoms with Gasteiger partial charge in [-0.05, 0) is 18.9 Å². The minimum Gasteiger partial charge on any atom is -0.776 e. The molecule has 144 valence electrons. The van der Waals surface area contributed by atoms with Crippen LogP contribution in [0.25, 0.3) is 0 Å². The van der Waals surface area contributed by atoms with E-state index in [9.17, 15) is 19.1 Å². The van der Waals surface area contributed by atoms with Crippen LogP contribution in [0.5, 0.6) is 0 Å². The fourth-order valence-corrected chi connectivity index (χ4v) is 4.53. The molecule has 2 unspecified atom stereocenters. The highest BCUT2D eigenvalue weighted by Gasteiger charge is 2.57. The van der Waals surface area contributed by atoms with Crippen LogP contribution in [0.15, 0.2) is 24.5 Å². The Labute approximate surface area is 147 Å². The molecule has 0 amide bonds. The largest absolute Gasteiger partial charge is 0.776 e. The minimum absolute atomic E-state index is 0.732. The molecule has 1 aromatic rings. The Hall–Kier alpha value is -0.590. The molecule has 1 rings (SSSR count). The lowest BCUT2D eigenvalue weighted by Gasteiger charge is -2.33. The molecular formula is C15H27NO7P2. The van der Waals surface area contributed by atoms with Gasteiger partial charge in [0.1, 0.15) is 0 Å². The number of aryl methyl sites for hydroxylation is 1. The Morgan fingerprint density at radius 3 is 2.28 bits per heavy atom. The Morgan fingerprint density at radius 1 is 1.12 bits per heavy atom. The molecule has 0 radical (unpaired) electrons. The second-order valence-corrected chi connectivity index (χ2v) is 10.2. The summed E-state index contributed by atoms with van der Waals surface area (Å²) >= 11 is 0. The molecule has 1 heterocycles. The Balaban J connectivity index is 2.77. The van der Waals surface area contributed by atoms with Gasteiger partial charge >= 0.3 is 7.60 Å². The molecule has 0 aliphatic heterocycles. The first-order chi connectivity index (χ1) is 11.5. The van der Waals surface area contributed by atoms with Crippen molar-refractivity contribution < 1.29 is 38.4 Å². The average molecular weight is 395 g/mol. The summed E-state index contributed by atoms with van der Waals surface area (Å²) < 4.78 is 23.9. The van der Waals surface area contributed by atoms with Crippen molar-refractivity contribution in [3.8, 4) is 0 Å². The molecule has 0 aliphatic carbocycles. The van der Waals surface area contributed by atoms with Gasteiger partial charge in [0.2, 0.25) is 0 Å². The van der Waals surface area contributed by atoms with Crippen molar-refractivity contribution in [3.63, 3.8) is 0 Å². The highest BCUT2D eigenvalue weighted by atomic mass is 31.2. The maximum Gasteiger partial charge on any atom is 0.372 e. The molecule has 0 fully saturated rings. The molecule has 4 N–H and O–H groups in total. The van der Waals surface area contributed by atoms with E-state index in [1.165, 1.54) is 31.7 Å². The van der Waals surface area contributed by atoms with Gasteiger partial charge in [0.25, 0.3) is 5.08 Å². The smallest absolute Gasteiger partial charge is 0.372 e. The van der Waals surface area contributed by atoms with Gasteiger partial charge < -0.3 is 29.2 Å². The molecule has 0 aliphatic rings. The zero-order valence-electron chi connectivity index (χ0n) is 14.3. The van der Waals surface area contributed by atoms with E-state index in [0.717, 1.165) is 35.8 Å². The molecule has 1 aromatic heterocycles. The Bertz CT molecular complexity index is 619. The van der Waals surface area contributed by atoms with Crippen LogP contribution in [0.3, 0.4) is 0 Å².